The average molecular weight is 649 g/mol. The van der Waals surface area contributed by atoms with Crippen molar-refractivity contribution < 1.29 is 4.74 Å². The third-order valence-corrected chi connectivity index (χ3v) is 10.4. The Morgan fingerprint density at radius 3 is 1.40 bits per heavy atom. The molecule has 0 aliphatic carbocycles. The first kappa shape index (κ1) is 30.0. The molecule has 7 aromatic rings. The van der Waals surface area contributed by atoms with Gasteiger partial charge in [0.2, 0.25) is 0 Å². The van der Waals surface area contributed by atoms with Gasteiger partial charge in [0.05, 0.1) is 22.6 Å². The molecule has 0 radical (unpaired) electrons. The van der Waals surface area contributed by atoms with E-state index in [9.17, 15) is 0 Å². The number of aromatic nitrogens is 3. The molecule has 0 fully saturated rings. The molecule has 6 aromatic carbocycles. The Kier molecular flexibility index (Phi) is 6.75. The van der Waals surface area contributed by atoms with Gasteiger partial charge in [0, 0.05) is 33.1 Å². The zero-order valence-electron chi connectivity index (χ0n) is 28.6. The fraction of sp³-hybridized carbons (Fsp3) is 0.133. The molecule has 2 aliphatic rings. The third kappa shape index (κ3) is 4.57. The van der Waals surface area contributed by atoms with Crippen LogP contribution in [0, 0.1) is 0 Å². The van der Waals surface area contributed by atoms with E-state index in [1.54, 1.807) is 0 Å². The highest BCUT2D eigenvalue weighted by Gasteiger charge is 2.41. The number of para-hydroxylation sites is 4. The Morgan fingerprint density at radius 2 is 0.820 bits per heavy atom. The van der Waals surface area contributed by atoms with Crippen LogP contribution in [-0.4, -0.2) is 15.0 Å². The largest absolute Gasteiger partial charge is 0.454 e. The molecule has 0 bridgehead atoms. The lowest BCUT2D eigenvalue weighted by molar-refractivity contribution is 0.420. The number of ether oxygens (including phenoxy) is 1. The fourth-order valence-corrected chi connectivity index (χ4v) is 7.72. The molecule has 3 heterocycles. The zero-order chi connectivity index (χ0) is 34.0. The van der Waals surface area contributed by atoms with E-state index >= 15 is 0 Å². The van der Waals surface area contributed by atoms with Crippen LogP contribution in [0.3, 0.4) is 0 Å². The first-order valence-corrected chi connectivity index (χ1v) is 17.1. The smallest absolute Gasteiger partial charge is 0.167 e. The van der Waals surface area contributed by atoms with Gasteiger partial charge in [0.25, 0.3) is 0 Å². The summed E-state index contributed by atoms with van der Waals surface area (Å²) in [5.41, 5.74) is 10.2. The molecular weight excluding hydrogens is 613 g/mol. The molecule has 0 atom stereocenters. The van der Waals surface area contributed by atoms with Crippen molar-refractivity contribution in [3.8, 4) is 45.7 Å². The minimum absolute atomic E-state index is 0.163. The highest BCUT2D eigenvalue weighted by atomic mass is 16.5. The number of rotatable bonds is 4. The second-order valence-corrected chi connectivity index (χ2v) is 14.1. The van der Waals surface area contributed by atoms with E-state index in [0.717, 1.165) is 56.4 Å². The van der Waals surface area contributed by atoms with Crippen LogP contribution in [0.2, 0.25) is 0 Å². The van der Waals surface area contributed by atoms with Crippen LogP contribution in [0.25, 0.3) is 34.2 Å². The van der Waals surface area contributed by atoms with Crippen LogP contribution in [0.1, 0.15) is 49.9 Å². The van der Waals surface area contributed by atoms with Crippen molar-refractivity contribution in [3.05, 3.63) is 168 Å². The van der Waals surface area contributed by atoms with Crippen LogP contribution >= 0.6 is 0 Å². The predicted octanol–water partition coefficient (Wildman–Crippen LogP) is 11.4. The van der Waals surface area contributed by atoms with E-state index in [2.05, 4.69) is 118 Å². The Bertz CT molecular complexity index is 2310. The summed E-state index contributed by atoms with van der Waals surface area (Å²) in [6.07, 6.45) is 0. The molecule has 5 heteroatoms. The van der Waals surface area contributed by atoms with Gasteiger partial charge in [0.15, 0.2) is 23.2 Å². The topological polar surface area (TPSA) is 51.1 Å². The standard InChI is InChI=1S/C45H36N4O/c1-44(2)32-22-11-13-26-36(32)49(37-27-14-12-23-33(37)44)38-28-16-25-35-40(38)50-39-31(21-15-24-34(39)45(35,3)4)43-47-41(29-17-7-5-8-18-29)46-42(48-43)30-19-9-6-10-20-30/h5-28H,1-4H3. The molecule has 0 saturated heterocycles. The highest BCUT2D eigenvalue weighted by Crippen LogP contribution is 2.58. The maximum atomic E-state index is 7.21. The van der Waals surface area contributed by atoms with Crippen LogP contribution < -0.4 is 9.64 Å². The maximum Gasteiger partial charge on any atom is 0.167 e. The van der Waals surface area contributed by atoms with Gasteiger partial charge in [0.1, 0.15) is 5.75 Å². The zero-order valence-corrected chi connectivity index (χ0v) is 28.6. The Labute approximate surface area is 292 Å². The molecule has 2 aliphatic heterocycles. The van der Waals surface area contributed by atoms with Crippen molar-refractivity contribution in [3.63, 3.8) is 0 Å². The summed E-state index contributed by atoms with van der Waals surface area (Å²) in [4.78, 5) is 17.5. The maximum absolute atomic E-state index is 7.21. The molecule has 50 heavy (non-hydrogen) atoms. The summed E-state index contributed by atoms with van der Waals surface area (Å²) in [6, 6.07) is 50.5. The summed E-state index contributed by atoms with van der Waals surface area (Å²) in [5, 5.41) is 0. The summed E-state index contributed by atoms with van der Waals surface area (Å²) in [6.45, 7) is 9.18. The molecule has 5 nitrogen and oxygen atoms in total. The molecule has 0 spiro atoms. The number of anilines is 3. The van der Waals surface area contributed by atoms with Gasteiger partial charge in [-0.1, -0.05) is 149 Å². The van der Waals surface area contributed by atoms with Crippen LogP contribution in [-0.2, 0) is 10.8 Å². The van der Waals surface area contributed by atoms with Crippen molar-refractivity contribution >= 4 is 17.1 Å². The van der Waals surface area contributed by atoms with Gasteiger partial charge in [-0.2, -0.15) is 0 Å². The predicted molar refractivity (Wildman–Crippen MR) is 202 cm³/mol. The van der Waals surface area contributed by atoms with E-state index < -0.39 is 0 Å². The second-order valence-electron chi connectivity index (χ2n) is 14.1. The fourth-order valence-electron chi connectivity index (χ4n) is 7.72. The van der Waals surface area contributed by atoms with E-state index in [1.165, 1.54) is 11.1 Å². The summed E-state index contributed by atoms with van der Waals surface area (Å²) >= 11 is 0. The lowest BCUT2D eigenvalue weighted by Gasteiger charge is -2.43. The number of hydrogen-bond acceptors (Lipinski definition) is 5. The van der Waals surface area contributed by atoms with Crippen molar-refractivity contribution in [1.29, 1.82) is 0 Å². The Morgan fingerprint density at radius 1 is 0.400 bits per heavy atom. The van der Waals surface area contributed by atoms with E-state index in [0.29, 0.717) is 17.5 Å². The molecule has 0 N–H and O–H groups in total. The van der Waals surface area contributed by atoms with E-state index in [4.69, 9.17) is 19.7 Å². The minimum atomic E-state index is -0.374. The normalized spacial score (nSPS) is 14.8. The Hall–Kier alpha value is -6.07. The van der Waals surface area contributed by atoms with Gasteiger partial charge in [-0.15, -0.1) is 0 Å². The molecular formula is C45H36N4O. The first-order chi connectivity index (χ1) is 24.3. The molecule has 0 unspecified atom stereocenters. The molecule has 242 valence electrons. The van der Waals surface area contributed by atoms with Crippen molar-refractivity contribution in [1.82, 2.24) is 15.0 Å². The van der Waals surface area contributed by atoms with E-state index in [-0.39, 0.29) is 10.8 Å². The number of nitrogens with zero attached hydrogens (tertiary/aromatic N) is 4. The Balaban J connectivity index is 1.26. The van der Waals surface area contributed by atoms with Crippen LogP contribution in [0.15, 0.2) is 146 Å². The van der Waals surface area contributed by atoms with E-state index in [1.807, 2.05) is 60.7 Å². The molecule has 1 aromatic heterocycles. The monoisotopic (exact) mass is 648 g/mol. The van der Waals surface area contributed by atoms with Crippen LogP contribution in [0.4, 0.5) is 17.1 Å². The van der Waals surface area contributed by atoms with Crippen molar-refractivity contribution in [2.24, 2.45) is 0 Å². The SMILES string of the molecule is CC1(C)c2ccccc2N(c2cccc3c2Oc2c(-c4nc(-c5ccccc5)nc(-c5ccccc5)n4)cccc2C3(C)C)c2ccccc21. The second kappa shape index (κ2) is 11.2. The lowest BCUT2D eigenvalue weighted by Crippen LogP contribution is -2.31. The van der Waals surface area contributed by atoms with Crippen molar-refractivity contribution in [2.45, 2.75) is 38.5 Å². The summed E-state index contributed by atoms with van der Waals surface area (Å²) < 4.78 is 7.21. The average Bonchev–Trinajstić information content (AvgIpc) is 3.16. The summed E-state index contributed by atoms with van der Waals surface area (Å²) in [7, 11) is 0. The number of fused-ring (bicyclic) bond motifs is 4. The van der Waals surface area contributed by atoms with Gasteiger partial charge in [-0.25, -0.2) is 15.0 Å². The van der Waals surface area contributed by atoms with Crippen molar-refractivity contribution in [2.75, 3.05) is 4.90 Å². The molecule has 9 rings (SSSR count). The highest BCUT2D eigenvalue weighted by molar-refractivity contribution is 5.90. The summed E-state index contributed by atoms with van der Waals surface area (Å²) in [5.74, 6) is 3.41. The molecule has 0 amide bonds. The first-order valence-electron chi connectivity index (χ1n) is 17.1. The van der Waals surface area contributed by atoms with Gasteiger partial charge < -0.3 is 9.64 Å². The van der Waals surface area contributed by atoms with Gasteiger partial charge in [-0.3, -0.25) is 0 Å². The van der Waals surface area contributed by atoms with Gasteiger partial charge >= 0.3 is 0 Å². The number of hydrogen-bond donors (Lipinski definition) is 0. The molecule has 0 saturated carbocycles. The quantitative estimate of drug-likeness (QED) is 0.190. The van der Waals surface area contributed by atoms with Gasteiger partial charge in [-0.05, 0) is 35.4 Å². The number of benzene rings is 6. The lowest BCUT2D eigenvalue weighted by atomic mass is 9.73. The van der Waals surface area contributed by atoms with Crippen LogP contribution in [0.5, 0.6) is 11.5 Å². The third-order valence-electron chi connectivity index (χ3n) is 10.4. The minimum Gasteiger partial charge on any atom is -0.454 e.